The zero-order chi connectivity index (χ0) is 17.2. The first-order valence-electron chi connectivity index (χ1n) is 8.50. The second kappa shape index (κ2) is 7.57. The van der Waals surface area contributed by atoms with Crippen molar-refractivity contribution in [2.45, 2.75) is 76.8 Å². The Bertz CT molecular complexity index is 451. The lowest BCUT2D eigenvalue weighted by Crippen LogP contribution is -2.58. The average Bonchev–Trinajstić information content (AvgIpc) is 2.67. The molecule has 7 heteroatoms. The Kier molecular flexibility index (Phi) is 6.19. The van der Waals surface area contributed by atoms with Gasteiger partial charge in [-0.3, -0.25) is 5.21 Å². The Morgan fingerprint density at radius 2 is 2.04 bits per heavy atom. The molecule has 2 amide bonds. The van der Waals surface area contributed by atoms with Gasteiger partial charge in [0, 0.05) is 12.6 Å². The van der Waals surface area contributed by atoms with Crippen molar-refractivity contribution in [3.8, 4) is 0 Å². The number of hydroxylamine groups is 2. The van der Waals surface area contributed by atoms with Crippen LogP contribution in [0, 0.1) is 5.92 Å². The van der Waals surface area contributed by atoms with Gasteiger partial charge in [0.25, 0.3) is 0 Å². The Labute approximate surface area is 149 Å². The van der Waals surface area contributed by atoms with E-state index < -0.39 is 12.2 Å². The lowest BCUT2D eigenvalue weighted by molar-refractivity contribution is -0.120. The number of thioether (sulfide) groups is 1. The number of nitrogens with zero attached hydrogens (tertiary/aromatic N) is 2. The fraction of sp³-hybridized carbons (Fsp3) is 0.875. The molecule has 5 nitrogen and oxygen atoms in total. The minimum Gasteiger partial charge on any atom is -0.333 e. The molecule has 0 aromatic rings. The van der Waals surface area contributed by atoms with Gasteiger partial charge >= 0.3 is 6.03 Å². The topological polar surface area (TPSA) is 55.8 Å². The molecule has 23 heavy (non-hydrogen) atoms. The molecule has 1 aliphatic heterocycles. The molecule has 2 N–H and O–H groups in total. The van der Waals surface area contributed by atoms with Gasteiger partial charge in [-0.1, -0.05) is 57.1 Å². The Balaban J connectivity index is 2.08. The monoisotopic (exact) mass is 359 g/mol. The summed E-state index contributed by atoms with van der Waals surface area (Å²) in [5.41, 5.74) is 0. The van der Waals surface area contributed by atoms with Gasteiger partial charge in [-0.2, -0.15) is 5.06 Å². The summed E-state index contributed by atoms with van der Waals surface area (Å²) in [6, 6.07) is -0.234. The van der Waals surface area contributed by atoms with Gasteiger partial charge in [0.1, 0.15) is 10.5 Å². The fourth-order valence-corrected chi connectivity index (χ4v) is 5.30. The molecule has 0 bridgehead atoms. The standard InChI is InChI=1S/C16H29N3O2S2/c1-11(2)10-18-13(16(3,4)23-15(18)22)19(21)14(20)17-12-8-6-5-7-9-12/h11-13,21H,5-10H2,1-4H3,(H,17,20). The van der Waals surface area contributed by atoms with Crippen LogP contribution in [0.3, 0.4) is 0 Å². The third kappa shape index (κ3) is 4.51. The van der Waals surface area contributed by atoms with Crippen molar-refractivity contribution in [1.82, 2.24) is 15.3 Å². The molecule has 1 heterocycles. The average molecular weight is 360 g/mol. The minimum atomic E-state index is -0.439. The van der Waals surface area contributed by atoms with Crippen molar-refractivity contribution in [1.29, 1.82) is 0 Å². The summed E-state index contributed by atoms with van der Waals surface area (Å²) in [5, 5.41) is 14.4. The normalized spacial score (nSPS) is 25.0. The maximum atomic E-state index is 12.5. The molecule has 0 aromatic carbocycles. The summed E-state index contributed by atoms with van der Waals surface area (Å²) in [5.74, 6) is 0.403. The molecule has 1 saturated carbocycles. The summed E-state index contributed by atoms with van der Waals surface area (Å²) < 4.78 is 0.406. The highest BCUT2D eigenvalue weighted by molar-refractivity contribution is 8.24. The van der Waals surface area contributed by atoms with Crippen LogP contribution in [0.1, 0.15) is 59.8 Å². The largest absolute Gasteiger partial charge is 0.343 e. The van der Waals surface area contributed by atoms with Crippen molar-refractivity contribution in [3.63, 3.8) is 0 Å². The molecular weight excluding hydrogens is 330 g/mol. The number of hydrogen-bond donors (Lipinski definition) is 2. The van der Waals surface area contributed by atoms with E-state index in [-0.39, 0.29) is 10.8 Å². The summed E-state index contributed by atoms with van der Waals surface area (Å²) in [4.78, 5) is 14.5. The first kappa shape index (κ1) is 18.8. The number of urea groups is 1. The summed E-state index contributed by atoms with van der Waals surface area (Å²) in [6.45, 7) is 8.99. The summed E-state index contributed by atoms with van der Waals surface area (Å²) in [6.07, 6.45) is 5.08. The van der Waals surface area contributed by atoms with E-state index in [0.29, 0.717) is 5.92 Å². The molecule has 2 fully saturated rings. The van der Waals surface area contributed by atoms with E-state index in [1.54, 1.807) is 11.8 Å². The highest BCUT2D eigenvalue weighted by Gasteiger charge is 2.49. The Hall–Kier alpha value is -0.530. The quantitative estimate of drug-likeness (QED) is 0.454. The molecule has 1 unspecified atom stereocenters. The molecule has 2 rings (SSSR count). The minimum absolute atomic E-state index is 0.175. The number of hydrogen-bond acceptors (Lipinski definition) is 4. The first-order valence-corrected chi connectivity index (χ1v) is 9.73. The van der Waals surface area contributed by atoms with Crippen molar-refractivity contribution in [2.75, 3.05) is 6.54 Å². The predicted octanol–water partition coefficient (Wildman–Crippen LogP) is 3.81. The molecule has 1 saturated heterocycles. The van der Waals surface area contributed by atoms with Gasteiger partial charge in [-0.15, -0.1) is 0 Å². The number of amides is 2. The van der Waals surface area contributed by atoms with Gasteiger partial charge in [-0.25, -0.2) is 4.79 Å². The zero-order valence-corrected chi connectivity index (χ0v) is 16.2. The van der Waals surface area contributed by atoms with E-state index in [9.17, 15) is 10.0 Å². The molecular formula is C16H29N3O2S2. The van der Waals surface area contributed by atoms with E-state index in [2.05, 4.69) is 19.2 Å². The van der Waals surface area contributed by atoms with Crippen molar-refractivity contribution in [2.24, 2.45) is 5.92 Å². The highest BCUT2D eigenvalue weighted by Crippen LogP contribution is 2.42. The van der Waals surface area contributed by atoms with Gasteiger partial charge in [-0.05, 0) is 32.6 Å². The van der Waals surface area contributed by atoms with Crippen LogP contribution in [0.4, 0.5) is 4.79 Å². The van der Waals surface area contributed by atoms with E-state index in [0.717, 1.165) is 41.6 Å². The third-order valence-electron chi connectivity index (χ3n) is 4.44. The van der Waals surface area contributed by atoms with Crippen molar-refractivity contribution >= 4 is 34.3 Å². The first-order chi connectivity index (χ1) is 10.7. The molecule has 1 atom stereocenters. The van der Waals surface area contributed by atoms with Gasteiger partial charge in [0.2, 0.25) is 0 Å². The maximum absolute atomic E-state index is 12.5. The molecule has 0 spiro atoms. The zero-order valence-electron chi connectivity index (χ0n) is 14.5. The second-order valence-corrected chi connectivity index (χ2v) is 9.81. The van der Waals surface area contributed by atoms with Crippen molar-refractivity contribution < 1.29 is 10.0 Å². The van der Waals surface area contributed by atoms with E-state index >= 15 is 0 Å². The Morgan fingerprint density at radius 1 is 1.43 bits per heavy atom. The van der Waals surface area contributed by atoms with Crippen LogP contribution in [0.25, 0.3) is 0 Å². The van der Waals surface area contributed by atoms with Crippen LogP contribution in [-0.4, -0.2) is 49.0 Å². The second-order valence-electron chi connectivity index (χ2n) is 7.52. The summed E-state index contributed by atoms with van der Waals surface area (Å²) in [7, 11) is 0. The number of nitrogens with one attached hydrogen (secondary N) is 1. The fourth-order valence-electron chi connectivity index (χ4n) is 3.40. The summed E-state index contributed by atoms with van der Waals surface area (Å²) >= 11 is 7.02. The van der Waals surface area contributed by atoms with Crippen LogP contribution in [-0.2, 0) is 0 Å². The van der Waals surface area contributed by atoms with E-state index in [1.165, 1.54) is 6.42 Å². The van der Waals surface area contributed by atoms with Crippen LogP contribution in [0.2, 0.25) is 0 Å². The lowest BCUT2D eigenvalue weighted by Gasteiger charge is -2.38. The van der Waals surface area contributed by atoms with Crippen LogP contribution >= 0.6 is 24.0 Å². The number of carbonyl (C=O) groups excluding carboxylic acids is 1. The number of thiocarbonyl (C=S) groups is 1. The third-order valence-corrected chi connectivity index (χ3v) is 6.07. The smallest absolute Gasteiger partial charge is 0.333 e. The number of rotatable bonds is 4. The van der Waals surface area contributed by atoms with Crippen LogP contribution in [0.5, 0.6) is 0 Å². The van der Waals surface area contributed by atoms with Crippen LogP contribution < -0.4 is 5.32 Å². The molecule has 132 valence electrons. The van der Waals surface area contributed by atoms with Crippen LogP contribution in [0.15, 0.2) is 0 Å². The van der Waals surface area contributed by atoms with Gasteiger partial charge in [0.15, 0.2) is 0 Å². The van der Waals surface area contributed by atoms with E-state index in [4.69, 9.17) is 12.2 Å². The van der Waals surface area contributed by atoms with Gasteiger partial charge < -0.3 is 10.2 Å². The predicted molar refractivity (Wildman–Crippen MR) is 98.6 cm³/mol. The van der Waals surface area contributed by atoms with Crippen molar-refractivity contribution in [3.05, 3.63) is 0 Å². The molecule has 0 aromatic heterocycles. The van der Waals surface area contributed by atoms with E-state index in [1.807, 2.05) is 18.7 Å². The maximum Gasteiger partial charge on any atom is 0.343 e. The molecule has 0 radical (unpaired) electrons. The number of carbonyl (C=O) groups is 1. The molecule has 2 aliphatic rings. The Morgan fingerprint density at radius 3 is 2.61 bits per heavy atom. The molecule has 1 aliphatic carbocycles. The highest BCUT2D eigenvalue weighted by atomic mass is 32.2. The van der Waals surface area contributed by atoms with Gasteiger partial charge in [0.05, 0.1) is 4.75 Å². The lowest BCUT2D eigenvalue weighted by atomic mass is 9.96. The SMILES string of the molecule is CC(C)CN1C(=S)SC(C)(C)C1N(O)C(=O)NC1CCCCC1.